The van der Waals surface area contributed by atoms with Crippen LogP contribution in [0.4, 0.5) is 5.69 Å². The number of anilines is 1. The summed E-state index contributed by atoms with van der Waals surface area (Å²) in [6.07, 6.45) is 2.67. The minimum absolute atomic E-state index is 0.656. The summed E-state index contributed by atoms with van der Waals surface area (Å²) in [5, 5.41) is 4.31. The van der Waals surface area contributed by atoms with Crippen molar-refractivity contribution in [2.45, 2.75) is 26.8 Å². The molecule has 0 unspecified atom stereocenters. The molecule has 102 valence electrons. The van der Waals surface area contributed by atoms with E-state index >= 15 is 0 Å². The highest BCUT2D eigenvalue weighted by atomic mass is 35.5. The molecule has 0 aliphatic carbocycles. The van der Waals surface area contributed by atoms with Crippen molar-refractivity contribution in [1.29, 1.82) is 0 Å². The molecule has 0 fully saturated rings. The zero-order chi connectivity index (χ0) is 13.7. The number of ether oxygens (including phenoxy) is 1. The zero-order valence-electron chi connectivity index (χ0n) is 11.1. The summed E-state index contributed by atoms with van der Waals surface area (Å²) in [6.45, 7) is 5.54. The molecule has 0 saturated carbocycles. The van der Waals surface area contributed by atoms with Crippen molar-refractivity contribution in [1.82, 2.24) is 4.98 Å². The Morgan fingerprint density at radius 3 is 2.95 bits per heavy atom. The van der Waals surface area contributed by atoms with Crippen LogP contribution in [0.1, 0.15) is 23.9 Å². The third-order valence-corrected chi connectivity index (χ3v) is 3.67. The molecule has 0 spiro atoms. The van der Waals surface area contributed by atoms with E-state index in [-0.39, 0.29) is 0 Å². The van der Waals surface area contributed by atoms with Crippen LogP contribution in [0.25, 0.3) is 0 Å². The Labute approximate surface area is 122 Å². The Bertz CT molecular complexity index is 542. The van der Waals surface area contributed by atoms with Gasteiger partial charge in [0.05, 0.1) is 25.0 Å². The molecule has 2 aromatic rings. The first-order valence-electron chi connectivity index (χ1n) is 6.26. The van der Waals surface area contributed by atoms with Gasteiger partial charge in [0, 0.05) is 0 Å². The van der Waals surface area contributed by atoms with E-state index in [0.29, 0.717) is 10.9 Å². The Kier molecular flexibility index (Phi) is 5.05. The Morgan fingerprint density at radius 1 is 1.42 bits per heavy atom. The predicted molar refractivity (Wildman–Crippen MR) is 81.4 cm³/mol. The van der Waals surface area contributed by atoms with Gasteiger partial charge in [0.25, 0.3) is 0 Å². The summed E-state index contributed by atoms with van der Waals surface area (Å²) < 4.78 is 6.47. The van der Waals surface area contributed by atoms with Crippen molar-refractivity contribution < 1.29 is 4.74 Å². The maximum absolute atomic E-state index is 5.87. The molecule has 0 saturated heterocycles. The second-order valence-corrected chi connectivity index (χ2v) is 6.01. The van der Waals surface area contributed by atoms with Gasteiger partial charge in [0.1, 0.15) is 15.1 Å². The van der Waals surface area contributed by atoms with Crippen LogP contribution in [0.3, 0.4) is 0 Å². The lowest BCUT2D eigenvalue weighted by Crippen LogP contribution is -2.03. The topological polar surface area (TPSA) is 34.1 Å². The van der Waals surface area contributed by atoms with Crippen molar-refractivity contribution >= 4 is 28.6 Å². The van der Waals surface area contributed by atoms with Gasteiger partial charge < -0.3 is 10.1 Å². The molecular formula is C14H17ClN2OS. The highest BCUT2D eigenvalue weighted by Crippen LogP contribution is 2.27. The summed E-state index contributed by atoms with van der Waals surface area (Å²) >= 11 is 7.35. The molecule has 0 atom stereocenters. The molecule has 5 heteroatoms. The molecule has 0 radical (unpaired) electrons. The van der Waals surface area contributed by atoms with E-state index in [1.165, 1.54) is 16.9 Å². The molecular weight excluding hydrogens is 280 g/mol. The van der Waals surface area contributed by atoms with Gasteiger partial charge in [-0.3, -0.25) is 0 Å². The first-order valence-corrected chi connectivity index (χ1v) is 7.46. The summed E-state index contributed by atoms with van der Waals surface area (Å²) in [7, 11) is 0. The standard InChI is InChI=1S/C14H17ClN2OS/c1-3-6-18-12-7-10(2)4-5-11(12)16-9-14-17-8-13(15)19-14/h4-5,7-8,16H,3,6,9H2,1-2H3. The maximum Gasteiger partial charge on any atom is 0.142 e. The number of benzene rings is 1. The van der Waals surface area contributed by atoms with E-state index in [9.17, 15) is 0 Å². The fraction of sp³-hybridized carbons (Fsp3) is 0.357. The minimum Gasteiger partial charge on any atom is -0.491 e. The van der Waals surface area contributed by atoms with Crippen molar-refractivity contribution in [2.24, 2.45) is 0 Å². The molecule has 19 heavy (non-hydrogen) atoms. The number of rotatable bonds is 6. The lowest BCUT2D eigenvalue weighted by molar-refractivity contribution is 0.318. The van der Waals surface area contributed by atoms with E-state index in [2.05, 4.69) is 30.2 Å². The highest BCUT2D eigenvalue weighted by Gasteiger charge is 2.05. The van der Waals surface area contributed by atoms with E-state index in [1.807, 2.05) is 12.1 Å². The predicted octanol–water partition coefficient (Wildman–Crippen LogP) is 4.51. The van der Waals surface area contributed by atoms with Gasteiger partial charge in [-0.2, -0.15) is 0 Å². The van der Waals surface area contributed by atoms with E-state index in [1.54, 1.807) is 6.20 Å². The number of hydrogen-bond donors (Lipinski definition) is 1. The second kappa shape index (κ2) is 6.78. The van der Waals surface area contributed by atoms with Crippen LogP contribution in [-0.4, -0.2) is 11.6 Å². The quantitative estimate of drug-likeness (QED) is 0.852. The SMILES string of the molecule is CCCOc1cc(C)ccc1NCc1ncc(Cl)s1. The number of halogens is 1. The van der Waals surface area contributed by atoms with Crippen LogP contribution in [0, 0.1) is 6.92 Å². The first-order chi connectivity index (χ1) is 9.19. The summed E-state index contributed by atoms with van der Waals surface area (Å²) in [5.74, 6) is 0.893. The van der Waals surface area contributed by atoms with Gasteiger partial charge in [0.2, 0.25) is 0 Å². The van der Waals surface area contributed by atoms with E-state index in [0.717, 1.165) is 29.5 Å². The largest absolute Gasteiger partial charge is 0.491 e. The normalized spacial score (nSPS) is 10.5. The number of aryl methyl sites for hydroxylation is 1. The van der Waals surface area contributed by atoms with Crippen LogP contribution in [0.15, 0.2) is 24.4 Å². The second-order valence-electron chi connectivity index (χ2n) is 4.26. The van der Waals surface area contributed by atoms with Crippen molar-refractivity contribution in [3.05, 3.63) is 39.3 Å². The average molecular weight is 297 g/mol. The van der Waals surface area contributed by atoms with Crippen LogP contribution in [-0.2, 0) is 6.54 Å². The number of nitrogens with one attached hydrogen (secondary N) is 1. The van der Waals surface area contributed by atoms with Crippen molar-refractivity contribution in [2.75, 3.05) is 11.9 Å². The van der Waals surface area contributed by atoms with Gasteiger partial charge in [0.15, 0.2) is 0 Å². The molecule has 0 aliphatic heterocycles. The van der Waals surface area contributed by atoms with E-state index in [4.69, 9.17) is 16.3 Å². The molecule has 0 amide bonds. The number of nitrogens with zero attached hydrogens (tertiary/aromatic N) is 1. The fourth-order valence-corrected chi connectivity index (χ4v) is 2.54. The highest BCUT2D eigenvalue weighted by molar-refractivity contribution is 7.15. The van der Waals surface area contributed by atoms with Gasteiger partial charge >= 0.3 is 0 Å². The van der Waals surface area contributed by atoms with Crippen LogP contribution in [0.5, 0.6) is 5.75 Å². The van der Waals surface area contributed by atoms with Crippen molar-refractivity contribution in [3.63, 3.8) is 0 Å². The smallest absolute Gasteiger partial charge is 0.142 e. The van der Waals surface area contributed by atoms with Gasteiger partial charge in [-0.1, -0.05) is 24.6 Å². The third-order valence-electron chi connectivity index (χ3n) is 2.55. The zero-order valence-corrected chi connectivity index (χ0v) is 12.6. The summed E-state index contributed by atoms with van der Waals surface area (Å²) in [4.78, 5) is 4.22. The van der Waals surface area contributed by atoms with Gasteiger partial charge in [-0.15, -0.1) is 11.3 Å². The Hall–Kier alpha value is -1.26. The molecule has 0 bridgehead atoms. The van der Waals surface area contributed by atoms with Crippen LogP contribution >= 0.6 is 22.9 Å². The van der Waals surface area contributed by atoms with E-state index < -0.39 is 0 Å². The lowest BCUT2D eigenvalue weighted by atomic mass is 10.2. The Balaban J connectivity index is 2.05. The molecule has 1 aromatic heterocycles. The minimum atomic E-state index is 0.656. The Morgan fingerprint density at radius 2 is 2.26 bits per heavy atom. The monoisotopic (exact) mass is 296 g/mol. The van der Waals surface area contributed by atoms with Gasteiger partial charge in [-0.05, 0) is 31.0 Å². The molecule has 1 heterocycles. The molecule has 2 rings (SSSR count). The number of hydrogen-bond acceptors (Lipinski definition) is 4. The number of aromatic nitrogens is 1. The van der Waals surface area contributed by atoms with Crippen LogP contribution in [0.2, 0.25) is 4.34 Å². The first kappa shape index (κ1) is 14.2. The average Bonchev–Trinajstić information content (AvgIpc) is 2.81. The molecule has 3 nitrogen and oxygen atoms in total. The molecule has 1 N–H and O–H groups in total. The van der Waals surface area contributed by atoms with Crippen LogP contribution < -0.4 is 10.1 Å². The summed E-state index contributed by atoms with van der Waals surface area (Å²) in [6, 6.07) is 6.15. The maximum atomic E-state index is 5.87. The number of thiazole rings is 1. The molecule has 0 aliphatic rings. The van der Waals surface area contributed by atoms with Crippen molar-refractivity contribution in [3.8, 4) is 5.75 Å². The molecule has 1 aromatic carbocycles. The van der Waals surface area contributed by atoms with Gasteiger partial charge in [-0.25, -0.2) is 4.98 Å². The third kappa shape index (κ3) is 4.11. The lowest BCUT2D eigenvalue weighted by Gasteiger charge is -2.13. The fourth-order valence-electron chi connectivity index (χ4n) is 1.65. The summed E-state index contributed by atoms with van der Waals surface area (Å²) in [5.41, 5.74) is 2.18.